The van der Waals surface area contributed by atoms with Crippen molar-refractivity contribution in [1.29, 1.82) is 0 Å². The number of rotatable bonds is 2. The quantitative estimate of drug-likeness (QED) is 0.623. The van der Waals surface area contributed by atoms with Gasteiger partial charge in [0.2, 0.25) is 6.10 Å². The van der Waals surface area contributed by atoms with Crippen molar-refractivity contribution in [1.82, 2.24) is 0 Å². The van der Waals surface area contributed by atoms with Gasteiger partial charge in [-0.3, -0.25) is 0 Å². The van der Waals surface area contributed by atoms with Crippen molar-refractivity contribution >= 4 is 29.2 Å². The van der Waals surface area contributed by atoms with Crippen molar-refractivity contribution in [3.05, 3.63) is 52.5 Å². The van der Waals surface area contributed by atoms with Gasteiger partial charge in [0.1, 0.15) is 12.4 Å². The van der Waals surface area contributed by atoms with E-state index < -0.39 is 12.1 Å². The van der Waals surface area contributed by atoms with Gasteiger partial charge in [0, 0.05) is 5.02 Å². The molecule has 0 aliphatic carbocycles. The zero-order chi connectivity index (χ0) is 14.8. The summed E-state index contributed by atoms with van der Waals surface area (Å²) < 4.78 is 16.2. The lowest BCUT2D eigenvalue weighted by Gasteiger charge is -2.24. The molecule has 6 heteroatoms. The van der Waals surface area contributed by atoms with E-state index in [-0.39, 0.29) is 17.4 Å². The van der Waals surface area contributed by atoms with E-state index in [0.717, 1.165) is 0 Å². The molecule has 1 unspecified atom stereocenters. The maximum atomic E-state index is 12.1. The summed E-state index contributed by atoms with van der Waals surface area (Å²) in [6.07, 6.45) is -0.841. The number of carbonyl (C=O) groups excluding carboxylic acids is 1. The fourth-order valence-corrected chi connectivity index (χ4v) is 2.31. The average molecular weight is 325 g/mol. The Kier molecular flexibility index (Phi) is 3.90. The van der Waals surface area contributed by atoms with Crippen molar-refractivity contribution in [2.45, 2.75) is 6.10 Å². The predicted octanol–water partition coefficient (Wildman–Crippen LogP) is 3.74. The Morgan fingerprint density at radius 1 is 1.14 bits per heavy atom. The molecular weight excluding hydrogens is 315 g/mol. The third kappa shape index (κ3) is 3.06. The van der Waals surface area contributed by atoms with E-state index in [9.17, 15) is 4.79 Å². The largest absolute Gasteiger partial charge is 0.485 e. The van der Waals surface area contributed by atoms with E-state index in [1.54, 1.807) is 24.3 Å². The molecule has 0 saturated carbocycles. The van der Waals surface area contributed by atoms with Gasteiger partial charge in [0.15, 0.2) is 11.5 Å². The first-order valence-electron chi connectivity index (χ1n) is 6.19. The van der Waals surface area contributed by atoms with Crippen LogP contribution in [0.3, 0.4) is 0 Å². The van der Waals surface area contributed by atoms with Crippen LogP contribution in [0.2, 0.25) is 10.0 Å². The first-order chi connectivity index (χ1) is 10.1. The van der Waals surface area contributed by atoms with E-state index in [1.807, 2.05) is 6.07 Å². The molecule has 0 spiro atoms. The van der Waals surface area contributed by atoms with Crippen molar-refractivity contribution in [2.75, 3.05) is 6.61 Å². The molecule has 4 nitrogen and oxygen atoms in total. The molecule has 0 aromatic heterocycles. The lowest BCUT2D eigenvalue weighted by atomic mass is 10.2. The van der Waals surface area contributed by atoms with Crippen molar-refractivity contribution in [3.8, 4) is 17.2 Å². The molecule has 3 rings (SSSR count). The molecule has 0 bridgehead atoms. The highest BCUT2D eigenvalue weighted by Crippen LogP contribution is 2.32. The molecule has 21 heavy (non-hydrogen) atoms. The van der Waals surface area contributed by atoms with E-state index in [0.29, 0.717) is 16.5 Å². The second kappa shape index (κ2) is 5.84. The number of fused-ring (bicyclic) bond motifs is 1. The monoisotopic (exact) mass is 324 g/mol. The van der Waals surface area contributed by atoms with Gasteiger partial charge in [0.25, 0.3) is 0 Å². The standard InChI is InChI=1S/C15H10Cl2O4/c16-9-5-6-11(10(17)7-9)21-15(18)14-8-19-12-3-1-2-4-13(12)20-14/h1-7,14H,8H2. The van der Waals surface area contributed by atoms with Crippen LogP contribution in [0.1, 0.15) is 0 Å². The zero-order valence-corrected chi connectivity index (χ0v) is 12.2. The summed E-state index contributed by atoms with van der Waals surface area (Å²) in [5.74, 6) is 0.765. The zero-order valence-electron chi connectivity index (χ0n) is 10.7. The molecular formula is C15H10Cl2O4. The highest BCUT2D eigenvalue weighted by Gasteiger charge is 2.29. The lowest BCUT2D eigenvalue weighted by molar-refractivity contribution is -0.144. The van der Waals surface area contributed by atoms with Gasteiger partial charge in [-0.2, -0.15) is 0 Å². The van der Waals surface area contributed by atoms with Gasteiger partial charge in [0.05, 0.1) is 5.02 Å². The van der Waals surface area contributed by atoms with Crippen LogP contribution in [0.25, 0.3) is 0 Å². The first-order valence-corrected chi connectivity index (χ1v) is 6.94. The Labute approximate surface area is 131 Å². The van der Waals surface area contributed by atoms with Crippen LogP contribution in [0.4, 0.5) is 0 Å². The smallest absolute Gasteiger partial charge is 0.356 e. The minimum atomic E-state index is -0.841. The summed E-state index contributed by atoms with van der Waals surface area (Å²) >= 11 is 11.7. The summed E-state index contributed by atoms with van der Waals surface area (Å²) in [4.78, 5) is 12.1. The number of hydrogen-bond donors (Lipinski definition) is 0. The average Bonchev–Trinajstić information content (AvgIpc) is 2.49. The third-order valence-electron chi connectivity index (χ3n) is 2.88. The van der Waals surface area contributed by atoms with Gasteiger partial charge in [-0.1, -0.05) is 35.3 Å². The molecule has 1 aliphatic heterocycles. The summed E-state index contributed by atoms with van der Waals surface area (Å²) in [5.41, 5.74) is 0. The van der Waals surface area contributed by atoms with Crippen molar-refractivity contribution < 1.29 is 19.0 Å². The number of esters is 1. The highest BCUT2D eigenvalue weighted by atomic mass is 35.5. The lowest BCUT2D eigenvalue weighted by Crippen LogP contribution is -2.39. The van der Waals surface area contributed by atoms with E-state index in [4.69, 9.17) is 37.4 Å². The molecule has 108 valence electrons. The van der Waals surface area contributed by atoms with Crippen LogP contribution in [-0.4, -0.2) is 18.7 Å². The van der Waals surface area contributed by atoms with E-state index >= 15 is 0 Å². The van der Waals surface area contributed by atoms with Gasteiger partial charge in [-0.15, -0.1) is 0 Å². The van der Waals surface area contributed by atoms with Gasteiger partial charge < -0.3 is 14.2 Å². The number of para-hydroxylation sites is 2. The summed E-state index contributed by atoms with van der Waals surface area (Å²) in [5, 5.41) is 0.721. The maximum absolute atomic E-state index is 12.1. The van der Waals surface area contributed by atoms with Crippen LogP contribution < -0.4 is 14.2 Å². The Bertz CT molecular complexity index is 687. The molecule has 2 aromatic carbocycles. The summed E-state index contributed by atoms with van der Waals surface area (Å²) in [6.45, 7) is 0.0844. The Morgan fingerprint density at radius 3 is 2.67 bits per heavy atom. The molecule has 0 saturated heterocycles. The fourth-order valence-electron chi connectivity index (χ4n) is 1.87. The number of halogens is 2. The number of hydrogen-bond acceptors (Lipinski definition) is 4. The number of ether oxygens (including phenoxy) is 3. The predicted molar refractivity (Wildman–Crippen MR) is 78.5 cm³/mol. The Balaban J connectivity index is 1.72. The minimum absolute atomic E-state index is 0.0844. The Morgan fingerprint density at radius 2 is 1.90 bits per heavy atom. The Hall–Kier alpha value is -1.91. The first kappa shape index (κ1) is 14.0. The molecule has 0 amide bonds. The molecule has 0 fully saturated rings. The second-order valence-electron chi connectivity index (χ2n) is 4.36. The van der Waals surface area contributed by atoms with E-state index in [1.165, 1.54) is 12.1 Å². The normalized spacial score (nSPS) is 16.4. The number of benzene rings is 2. The minimum Gasteiger partial charge on any atom is -0.485 e. The molecule has 0 N–H and O–H groups in total. The molecule has 1 heterocycles. The van der Waals surface area contributed by atoms with Crippen LogP contribution >= 0.6 is 23.2 Å². The highest BCUT2D eigenvalue weighted by molar-refractivity contribution is 6.35. The van der Waals surface area contributed by atoms with Crippen LogP contribution in [0, 0.1) is 0 Å². The summed E-state index contributed by atoms with van der Waals surface area (Å²) in [7, 11) is 0. The second-order valence-corrected chi connectivity index (χ2v) is 5.20. The maximum Gasteiger partial charge on any atom is 0.356 e. The molecule has 1 atom stereocenters. The van der Waals surface area contributed by atoms with Crippen molar-refractivity contribution in [2.24, 2.45) is 0 Å². The molecule has 2 aromatic rings. The van der Waals surface area contributed by atoms with Crippen LogP contribution in [0.5, 0.6) is 17.2 Å². The molecule has 0 radical (unpaired) electrons. The van der Waals surface area contributed by atoms with Gasteiger partial charge in [-0.05, 0) is 30.3 Å². The van der Waals surface area contributed by atoms with Crippen LogP contribution in [-0.2, 0) is 4.79 Å². The van der Waals surface area contributed by atoms with Gasteiger partial charge >= 0.3 is 5.97 Å². The summed E-state index contributed by atoms with van der Waals surface area (Å²) in [6, 6.07) is 11.7. The molecule has 1 aliphatic rings. The topological polar surface area (TPSA) is 44.8 Å². The van der Waals surface area contributed by atoms with E-state index in [2.05, 4.69) is 0 Å². The van der Waals surface area contributed by atoms with Crippen molar-refractivity contribution in [3.63, 3.8) is 0 Å². The third-order valence-corrected chi connectivity index (χ3v) is 3.41. The SMILES string of the molecule is O=C(Oc1ccc(Cl)cc1Cl)C1COc2ccccc2O1. The number of carbonyl (C=O) groups is 1. The van der Waals surface area contributed by atoms with Gasteiger partial charge in [-0.25, -0.2) is 4.79 Å². The van der Waals surface area contributed by atoms with Crippen LogP contribution in [0.15, 0.2) is 42.5 Å². The fraction of sp³-hybridized carbons (Fsp3) is 0.133.